The summed E-state index contributed by atoms with van der Waals surface area (Å²) in [6, 6.07) is 9.30. The first-order chi connectivity index (χ1) is 18.9. The Kier molecular flexibility index (Phi) is 9.25. The zero-order chi connectivity index (χ0) is 27.8. The summed E-state index contributed by atoms with van der Waals surface area (Å²) in [7, 11) is 0. The molecule has 2 aromatic heterocycles. The Morgan fingerprint density at radius 2 is 1.90 bits per heavy atom. The van der Waals surface area contributed by atoms with Crippen molar-refractivity contribution >= 4 is 40.7 Å². The number of aromatic amines is 1. The van der Waals surface area contributed by atoms with Crippen LogP contribution in [0.25, 0.3) is 16.5 Å². The first-order valence-electron chi connectivity index (χ1n) is 13.6. The van der Waals surface area contributed by atoms with Gasteiger partial charge < -0.3 is 15.5 Å². The van der Waals surface area contributed by atoms with E-state index >= 15 is 0 Å². The van der Waals surface area contributed by atoms with E-state index in [1.807, 2.05) is 32.0 Å². The van der Waals surface area contributed by atoms with Crippen molar-refractivity contribution in [2.24, 2.45) is 4.99 Å². The van der Waals surface area contributed by atoms with Gasteiger partial charge in [-0.2, -0.15) is 5.10 Å². The minimum atomic E-state index is -0.360. The molecular formula is C30H37N7O2. The third-order valence-electron chi connectivity index (χ3n) is 7.12. The molecule has 1 saturated heterocycles. The molecule has 0 radical (unpaired) electrons. The van der Waals surface area contributed by atoms with Crippen molar-refractivity contribution in [1.29, 1.82) is 0 Å². The fourth-order valence-corrected chi connectivity index (χ4v) is 4.74. The predicted molar refractivity (Wildman–Crippen MR) is 157 cm³/mol. The average molecular weight is 528 g/mol. The number of amides is 2. The van der Waals surface area contributed by atoms with Crippen molar-refractivity contribution in [3.63, 3.8) is 0 Å². The van der Waals surface area contributed by atoms with Crippen molar-refractivity contribution in [1.82, 2.24) is 25.4 Å². The number of pyridine rings is 1. The highest BCUT2D eigenvalue weighted by molar-refractivity contribution is 6.11. The van der Waals surface area contributed by atoms with Crippen LogP contribution in [0.15, 0.2) is 59.5 Å². The first-order valence-corrected chi connectivity index (χ1v) is 13.6. The van der Waals surface area contributed by atoms with E-state index in [9.17, 15) is 9.59 Å². The third kappa shape index (κ3) is 6.79. The van der Waals surface area contributed by atoms with Crippen LogP contribution in [0.3, 0.4) is 0 Å². The van der Waals surface area contributed by atoms with Gasteiger partial charge in [0.15, 0.2) is 5.69 Å². The van der Waals surface area contributed by atoms with E-state index in [0.717, 1.165) is 53.7 Å². The number of aliphatic imine (C=N–C) groups is 1. The SMILES string of the molecule is C=N/C=C(\C=C(/C)c1ccc2[nH]nc(C(=O)Nc3ccc(C(=O)NC(CC)CC)nc3)c2c1)N1CCCCC1. The second-order valence-corrected chi connectivity index (χ2v) is 9.82. The van der Waals surface area contributed by atoms with E-state index in [2.05, 4.69) is 55.4 Å². The summed E-state index contributed by atoms with van der Waals surface area (Å²) >= 11 is 0. The maximum atomic E-state index is 13.1. The molecule has 0 spiro atoms. The number of rotatable bonds is 10. The summed E-state index contributed by atoms with van der Waals surface area (Å²) in [6.45, 7) is 11.8. The van der Waals surface area contributed by atoms with Crippen LogP contribution < -0.4 is 10.6 Å². The smallest absolute Gasteiger partial charge is 0.276 e. The number of allylic oxidation sites excluding steroid dienone is 2. The van der Waals surface area contributed by atoms with Crippen LogP contribution in [0.2, 0.25) is 0 Å². The molecule has 0 aliphatic carbocycles. The van der Waals surface area contributed by atoms with Crippen molar-refractivity contribution in [3.8, 4) is 0 Å². The molecule has 0 bridgehead atoms. The molecule has 2 amide bonds. The highest BCUT2D eigenvalue weighted by atomic mass is 16.2. The number of nitrogens with zero attached hydrogens (tertiary/aromatic N) is 4. The largest absolute Gasteiger partial charge is 0.370 e. The lowest BCUT2D eigenvalue weighted by atomic mass is 10.0. The number of likely N-dealkylation sites (tertiary alicyclic amines) is 1. The van der Waals surface area contributed by atoms with Gasteiger partial charge in [-0.15, -0.1) is 0 Å². The highest BCUT2D eigenvalue weighted by Gasteiger charge is 2.17. The Labute approximate surface area is 229 Å². The van der Waals surface area contributed by atoms with Crippen molar-refractivity contribution < 1.29 is 9.59 Å². The lowest BCUT2D eigenvalue weighted by Gasteiger charge is -2.29. The number of hydrogen-bond donors (Lipinski definition) is 3. The summed E-state index contributed by atoms with van der Waals surface area (Å²) in [6.07, 6.45) is 10.7. The average Bonchev–Trinajstić information content (AvgIpc) is 3.40. The van der Waals surface area contributed by atoms with Gasteiger partial charge in [0, 0.05) is 30.7 Å². The zero-order valence-corrected chi connectivity index (χ0v) is 23.0. The summed E-state index contributed by atoms with van der Waals surface area (Å²) in [5.74, 6) is -0.584. The van der Waals surface area contributed by atoms with Gasteiger partial charge in [0.05, 0.1) is 23.1 Å². The number of carbonyl (C=O) groups is 2. The summed E-state index contributed by atoms with van der Waals surface area (Å²) in [5, 5.41) is 13.7. The number of piperidine rings is 1. The van der Waals surface area contributed by atoms with E-state index in [1.54, 1.807) is 18.3 Å². The number of fused-ring (bicyclic) bond motifs is 1. The van der Waals surface area contributed by atoms with Gasteiger partial charge in [-0.25, -0.2) is 4.98 Å². The molecule has 39 heavy (non-hydrogen) atoms. The lowest BCUT2D eigenvalue weighted by Crippen LogP contribution is -2.34. The van der Waals surface area contributed by atoms with Crippen LogP contribution in [0.5, 0.6) is 0 Å². The predicted octanol–water partition coefficient (Wildman–Crippen LogP) is 5.56. The summed E-state index contributed by atoms with van der Waals surface area (Å²) < 4.78 is 0. The summed E-state index contributed by atoms with van der Waals surface area (Å²) in [4.78, 5) is 36.1. The molecule has 3 heterocycles. The number of benzene rings is 1. The number of anilines is 1. The maximum absolute atomic E-state index is 13.1. The fourth-order valence-electron chi connectivity index (χ4n) is 4.74. The highest BCUT2D eigenvalue weighted by Crippen LogP contribution is 2.25. The Morgan fingerprint density at radius 3 is 2.56 bits per heavy atom. The molecule has 1 aliphatic rings. The zero-order valence-electron chi connectivity index (χ0n) is 23.0. The van der Waals surface area contributed by atoms with E-state index in [1.165, 1.54) is 25.5 Å². The molecule has 0 atom stereocenters. The normalized spacial score (nSPS) is 14.5. The van der Waals surface area contributed by atoms with Gasteiger partial charge in [0.2, 0.25) is 0 Å². The van der Waals surface area contributed by atoms with Crippen LogP contribution in [0, 0.1) is 0 Å². The molecule has 4 rings (SSSR count). The molecule has 9 heteroatoms. The number of hydrogen-bond acceptors (Lipinski definition) is 6. The second-order valence-electron chi connectivity index (χ2n) is 9.82. The molecule has 0 saturated carbocycles. The van der Waals surface area contributed by atoms with Gasteiger partial charge in [0.1, 0.15) is 5.69 Å². The van der Waals surface area contributed by atoms with Gasteiger partial charge in [-0.3, -0.25) is 19.7 Å². The Hall–Kier alpha value is -4.27. The van der Waals surface area contributed by atoms with Gasteiger partial charge >= 0.3 is 0 Å². The quantitative estimate of drug-likeness (QED) is 0.236. The lowest BCUT2D eigenvalue weighted by molar-refractivity contribution is 0.0929. The Balaban J connectivity index is 1.51. The van der Waals surface area contributed by atoms with Gasteiger partial charge in [-0.1, -0.05) is 19.9 Å². The Morgan fingerprint density at radius 1 is 1.13 bits per heavy atom. The third-order valence-corrected chi connectivity index (χ3v) is 7.12. The van der Waals surface area contributed by atoms with Gasteiger partial charge in [0.25, 0.3) is 11.8 Å². The first kappa shape index (κ1) is 27.8. The molecule has 3 aromatic rings. The molecule has 9 nitrogen and oxygen atoms in total. The molecular weight excluding hydrogens is 490 g/mol. The number of nitrogens with one attached hydrogen (secondary N) is 3. The van der Waals surface area contributed by atoms with Crippen molar-refractivity contribution in [2.75, 3.05) is 18.4 Å². The number of carbonyl (C=O) groups excluding carboxylic acids is 2. The van der Waals surface area contributed by atoms with Crippen LogP contribution in [0.1, 0.15) is 79.4 Å². The summed E-state index contributed by atoms with van der Waals surface area (Å²) in [5.41, 5.74) is 4.92. The van der Waals surface area contributed by atoms with Crippen molar-refractivity contribution in [3.05, 3.63) is 71.5 Å². The standard InChI is InChI=1S/C30H37N7O2/c1-5-22(6-2)33-29(38)27-13-11-23(18-32-27)34-30(39)28-25-17-21(10-12-26(25)35-36-28)20(3)16-24(19-31-4)37-14-8-7-9-15-37/h10-13,16-19,22H,4-9,14-15H2,1-3H3,(H,33,38)(H,34,39)(H,35,36)/b20-16+,24-19+. The van der Waals surface area contributed by atoms with E-state index in [4.69, 9.17) is 0 Å². The molecule has 1 aromatic carbocycles. The van der Waals surface area contributed by atoms with Crippen LogP contribution in [-0.2, 0) is 0 Å². The topological polar surface area (TPSA) is 115 Å². The molecule has 0 unspecified atom stereocenters. The monoisotopic (exact) mass is 527 g/mol. The van der Waals surface area contributed by atoms with Crippen LogP contribution >= 0.6 is 0 Å². The Bertz CT molecular complexity index is 1380. The van der Waals surface area contributed by atoms with Gasteiger partial charge in [-0.05, 0) is 87.2 Å². The minimum absolute atomic E-state index is 0.112. The molecule has 3 N–H and O–H groups in total. The number of aromatic nitrogens is 3. The van der Waals surface area contributed by atoms with Crippen LogP contribution in [-0.4, -0.2) is 57.7 Å². The fraction of sp³-hybridized carbons (Fsp3) is 0.367. The van der Waals surface area contributed by atoms with E-state index in [0.29, 0.717) is 11.4 Å². The minimum Gasteiger partial charge on any atom is -0.370 e. The van der Waals surface area contributed by atoms with E-state index < -0.39 is 0 Å². The second kappa shape index (κ2) is 13.0. The maximum Gasteiger partial charge on any atom is 0.276 e. The molecule has 1 fully saturated rings. The molecule has 204 valence electrons. The molecule has 1 aliphatic heterocycles. The van der Waals surface area contributed by atoms with Crippen molar-refractivity contribution in [2.45, 2.75) is 58.9 Å². The van der Waals surface area contributed by atoms with E-state index in [-0.39, 0.29) is 23.6 Å². The van der Waals surface area contributed by atoms with Crippen LogP contribution in [0.4, 0.5) is 5.69 Å². The number of H-pyrrole nitrogens is 1.